The van der Waals surface area contributed by atoms with Gasteiger partial charge in [0, 0.05) is 5.56 Å². The lowest BCUT2D eigenvalue weighted by Gasteiger charge is -2.06. The van der Waals surface area contributed by atoms with Crippen LogP contribution in [0.2, 0.25) is 0 Å². The maximum atomic E-state index is 13.7. The molecule has 0 radical (unpaired) electrons. The zero-order valence-corrected chi connectivity index (χ0v) is 9.02. The third-order valence-corrected chi connectivity index (χ3v) is 2.44. The number of aromatic carboxylic acids is 1. The van der Waals surface area contributed by atoms with Crippen molar-refractivity contribution in [2.45, 2.75) is 0 Å². The fourth-order valence-electron chi connectivity index (χ4n) is 1.61. The van der Waals surface area contributed by atoms with Gasteiger partial charge in [0.2, 0.25) is 0 Å². The van der Waals surface area contributed by atoms with Crippen LogP contribution in [0.3, 0.4) is 0 Å². The topological polar surface area (TPSA) is 57.5 Å². The quantitative estimate of drug-likeness (QED) is 0.861. The fraction of sp³-hybridized carbons (Fsp3) is 0. The molecular formula is C13H8F2O3. The van der Waals surface area contributed by atoms with Gasteiger partial charge in [-0.1, -0.05) is 12.1 Å². The Bertz CT molecular complexity index is 624. The number of hydrogen-bond donors (Lipinski definition) is 2. The largest absolute Gasteiger partial charge is 0.508 e. The molecule has 0 saturated heterocycles. The zero-order valence-electron chi connectivity index (χ0n) is 9.02. The van der Waals surface area contributed by atoms with E-state index < -0.39 is 23.2 Å². The molecule has 5 heteroatoms. The predicted molar refractivity (Wildman–Crippen MR) is 60.4 cm³/mol. The average Bonchev–Trinajstić information content (AvgIpc) is 2.31. The molecule has 2 rings (SSSR count). The number of hydrogen-bond acceptors (Lipinski definition) is 2. The second kappa shape index (κ2) is 4.44. The Morgan fingerprint density at radius 1 is 1.06 bits per heavy atom. The van der Waals surface area contributed by atoms with Crippen molar-refractivity contribution in [2.75, 3.05) is 0 Å². The summed E-state index contributed by atoms with van der Waals surface area (Å²) < 4.78 is 27.2. The lowest BCUT2D eigenvalue weighted by molar-refractivity contribution is 0.0691. The predicted octanol–water partition coefficient (Wildman–Crippen LogP) is 3.04. The molecule has 0 unspecified atom stereocenters. The van der Waals surface area contributed by atoms with Gasteiger partial charge >= 0.3 is 5.97 Å². The molecule has 0 aliphatic heterocycles. The van der Waals surface area contributed by atoms with Crippen molar-refractivity contribution in [1.29, 1.82) is 0 Å². The molecule has 2 N–H and O–H groups in total. The minimum Gasteiger partial charge on any atom is -0.508 e. The molecule has 2 aromatic carbocycles. The normalized spacial score (nSPS) is 10.3. The van der Waals surface area contributed by atoms with E-state index in [9.17, 15) is 18.7 Å². The maximum Gasteiger partial charge on any atom is 0.338 e. The van der Waals surface area contributed by atoms with Gasteiger partial charge in [-0.25, -0.2) is 13.6 Å². The summed E-state index contributed by atoms with van der Waals surface area (Å²) in [7, 11) is 0. The van der Waals surface area contributed by atoms with Crippen molar-refractivity contribution in [3.05, 3.63) is 53.6 Å². The van der Waals surface area contributed by atoms with Crippen LogP contribution >= 0.6 is 0 Å². The van der Waals surface area contributed by atoms with Crippen molar-refractivity contribution in [1.82, 2.24) is 0 Å². The summed E-state index contributed by atoms with van der Waals surface area (Å²) in [6.45, 7) is 0. The smallest absolute Gasteiger partial charge is 0.338 e. The Morgan fingerprint density at radius 3 is 2.39 bits per heavy atom. The SMILES string of the molecule is O=C(O)c1cc(F)c(-c2cccc(O)c2)cc1F. The molecule has 0 fully saturated rings. The van der Waals surface area contributed by atoms with Gasteiger partial charge in [-0.3, -0.25) is 0 Å². The second-order valence-electron chi connectivity index (χ2n) is 3.67. The van der Waals surface area contributed by atoms with Gasteiger partial charge < -0.3 is 10.2 Å². The highest BCUT2D eigenvalue weighted by Crippen LogP contribution is 2.27. The molecule has 0 aliphatic carbocycles. The molecule has 0 spiro atoms. The van der Waals surface area contributed by atoms with Crippen LogP contribution in [-0.2, 0) is 0 Å². The first-order valence-corrected chi connectivity index (χ1v) is 5.01. The molecule has 0 heterocycles. The molecule has 92 valence electrons. The van der Waals surface area contributed by atoms with Gasteiger partial charge in [0.15, 0.2) is 0 Å². The molecule has 0 bridgehead atoms. The van der Waals surface area contributed by atoms with Gasteiger partial charge in [-0.15, -0.1) is 0 Å². The second-order valence-corrected chi connectivity index (χ2v) is 3.67. The fourth-order valence-corrected chi connectivity index (χ4v) is 1.61. The molecule has 0 amide bonds. The van der Waals surface area contributed by atoms with Crippen LogP contribution in [0.5, 0.6) is 5.75 Å². The number of benzene rings is 2. The average molecular weight is 250 g/mol. The number of halogens is 2. The number of carboxylic acid groups (broad SMARTS) is 1. The first-order valence-electron chi connectivity index (χ1n) is 5.01. The molecule has 18 heavy (non-hydrogen) atoms. The summed E-state index contributed by atoms with van der Waals surface area (Å²) in [5, 5.41) is 17.9. The monoisotopic (exact) mass is 250 g/mol. The van der Waals surface area contributed by atoms with Gasteiger partial charge in [-0.05, 0) is 29.8 Å². The molecule has 0 atom stereocenters. The summed E-state index contributed by atoms with van der Waals surface area (Å²) in [6.07, 6.45) is 0. The first kappa shape index (κ1) is 12.0. The number of phenolic OH excluding ortho intramolecular Hbond substituents is 1. The highest BCUT2D eigenvalue weighted by molar-refractivity contribution is 5.88. The molecule has 0 aromatic heterocycles. The van der Waals surface area contributed by atoms with Crippen LogP contribution in [0.1, 0.15) is 10.4 Å². The zero-order chi connectivity index (χ0) is 13.3. The number of phenols is 1. The summed E-state index contributed by atoms with van der Waals surface area (Å²) in [5.74, 6) is -3.51. The summed E-state index contributed by atoms with van der Waals surface area (Å²) in [6, 6.07) is 7.04. The third kappa shape index (κ3) is 2.15. The number of carboxylic acids is 1. The summed E-state index contributed by atoms with van der Waals surface area (Å²) in [5.41, 5.74) is -0.562. The van der Waals surface area contributed by atoms with Crippen molar-refractivity contribution in [3.63, 3.8) is 0 Å². The van der Waals surface area contributed by atoms with Crippen LogP contribution in [0.4, 0.5) is 8.78 Å². The Hall–Kier alpha value is -2.43. The highest BCUT2D eigenvalue weighted by Gasteiger charge is 2.16. The Labute approximate surface area is 101 Å². The summed E-state index contributed by atoms with van der Waals surface area (Å²) in [4.78, 5) is 10.6. The molecule has 3 nitrogen and oxygen atoms in total. The molecule has 0 aliphatic rings. The van der Waals surface area contributed by atoms with Gasteiger partial charge in [0.05, 0.1) is 5.56 Å². The lowest BCUT2D eigenvalue weighted by Crippen LogP contribution is -2.02. The van der Waals surface area contributed by atoms with Gasteiger partial charge in [0.1, 0.15) is 17.4 Å². The van der Waals surface area contributed by atoms with Crippen molar-refractivity contribution in [3.8, 4) is 16.9 Å². The van der Waals surface area contributed by atoms with Crippen LogP contribution in [-0.4, -0.2) is 16.2 Å². The van der Waals surface area contributed by atoms with Crippen LogP contribution < -0.4 is 0 Å². The maximum absolute atomic E-state index is 13.7. The van der Waals surface area contributed by atoms with Crippen molar-refractivity contribution < 1.29 is 23.8 Å². The van der Waals surface area contributed by atoms with E-state index in [1.807, 2.05) is 0 Å². The minimum absolute atomic E-state index is 0.0883. The number of rotatable bonds is 2. The van der Waals surface area contributed by atoms with E-state index in [0.29, 0.717) is 6.07 Å². The van der Waals surface area contributed by atoms with E-state index in [4.69, 9.17) is 5.11 Å². The van der Waals surface area contributed by atoms with E-state index >= 15 is 0 Å². The Kier molecular flexibility index (Phi) is 2.97. The lowest BCUT2D eigenvalue weighted by atomic mass is 10.0. The standard InChI is InChI=1S/C13H8F2O3/c14-11-6-10(13(17)18)12(15)5-9(11)7-2-1-3-8(16)4-7/h1-6,16H,(H,17,18). The van der Waals surface area contributed by atoms with Crippen LogP contribution in [0.25, 0.3) is 11.1 Å². The van der Waals surface area contributed by atoms with E-state index in [2.05, 4.69) is 0 Å². The van der Waals surface area contributed by atoms with Crippen LogP contribution in [0.15, 0.2) is 36.4 Å². The van der Waals surface area contributed by atoms with Gasteiger partial charge in [0.25, 0.3) is 0 Å². The van der Waals surface area contributed by atoms with Crippen molar-refractivity contribution >= 4 is 5.97 Å². The molecule has 2 aromatic rings. The van der Waals surface area contributed by atoms with E-state index in [0.717, 1.165) is 6.07 Å². The highest BCUT2D eigenvalue weighted by atomic mass is 19.1. The van der Waals surface area contributed by atoms with E-state index in [1.54, 1.807) is 0 Å². The van der Waals surface area contributed by atoms with E-state index in [-0.39, 0.29) is 16.9 Å². The first-order chi connectivity index (χ1) is 8.49. The van der Waals surface area contributed by atoms with Crippen LogP contribution in [0, 0.1) is 11.6 Å². The molecular weight excluding hydrogens is 242 g/mol. The molecule has 0 saturated carbocycles. The van der Waals surface area contributed by atoms with Gasteiger partial charge in [-0.2, -0.15) is 0 Å². The third-order valence-electron chi connectivity index (χ3n) is 2.44. The summed E-state index contributed by atoms with van der Waals surface area (Å²) >= 11 is 0. The number of aromatic hydroxyl groups is 1. The van der Waals surface area contributed by atoms with E-state index in [1.165, 1.54) is 24.3 Å². The number of carbonyl (C=O) groups is 1. The Balaban J connectivity index is 2.60. The minimum atomic E-state index is -1.53. The van der Waals surface area contributed by atoms with Crippen molar-refractivity contribution in [2.24, 2.45) is 0 Å². The Morgan fingerprint density at radius 2 is 1.78 bits per heavy atom.